The second-order valence-electron chi connectivity index (χ2n) is 3.14. The van der Waals surface area contributed by atoms with Gasteiger partial charge in [0.25, 0.3) is 0 Å². The molecule has 0 aromatic carbocycles. The minimum atomic E-state index is 0.419. The van der Waals surface area contributed by atoms with Gasteiger partial charge in [0.15, 0.2) is 0 Å². The van der Waals surface area contributed by atoms with E-state index in [2.05, 4.69) is 12.7 Å². The first-order valence-corrected chi connectivity index (χ1v) is 11.0. The van der Waals surface area contributed by atoms with Gasteiger partial charge in [0.1, 0.15) is 0 Å². The van der Waals surface area contributed by atoms with Crippen molar-refractivity contribution in [3.05, 3.63) is 12.7 Å². The van der Waals surface area contributed by atoms with Gasteiger partial charge >= 0.3 is 97.6 Å². The summed E-state index contributed by atoms with van der Waals surface area (Å²) in [5.41, 5.74) is 0. The van der Waals surface area contributed by atoms with Gasteiger partial charge in [-0.15, -0.1) is 0 Å². The molecular weight excluding hydrogens is 375 g/mol. The van der Waals surface area contributed by atoms with Crippen LogP contribution in [0.15, 0.2) is 12.7 Å². The molecule has 12 heavy (non-hydrogen) atoms. The maximum atomic E-state index is 3.76. The molecule has 1 aliphatic heterocycles. The second kappa shape index (κ2) is 7.70. The van der Waals surface area contributed by atoms with Crippen molar-refractivity contribution in [2.75, 3.05) is 0 Å². The molecule has 70 valence electrons. The second-order valence-corrected chi connectivity index (χ2v) is 10.4. The first-order valence-electron chi connectivity index (χ1n) is 4.73. The fourth-order valence-electron chi connectivity index (χ4n) is 1.32. The summed E-state index contributed by atoms with van der Waals surface area (Å²) in [6, 6.07) is 0. The van der Waals surface area contributed by atoms with Gasteiger partial charge in [0, 0.05) is 0 Å². The van der Waals surface area contributed by atoms with E-state index in [0.29, 0.717) is 41.8 Å². The first-order chi connectivity index (χ1) is 5.93. The topological polar surface area (TPSA) is 0 Å². The first kappa shape index (κ1) is 11.4. The molecule has 0 aliphatic carbocycles. The van der Waals surface area contributed by atoms with Gasteiger partial charge < -0.3 is 0 Å². The van der Waals surface area contributed by atoms with Crippen LogP contribution in [0.2, 0.25) is 17.4 Å². The van der Waals surface area contributed by atoms with Crippen LogP contribution in [-0.2, 0) is 0 Å². The Morgan fingerprint density at radius 1 is 1.58 bits per heavy atom. The zero-order chi connectivity index (χ0) is 8.65. The zero-order valence-electron chi connectivity index (χ0n) is 7.63. The Kier molecular flexibility index (Phi) is 7.31. The van der Waals surface area contributed by atoms with Gasteiger partial charge in [-0.05, 0) is 0 Å². The summed E-state index contributed by atoms with van der Waals surface area (Å²) >= 11 is 0.921. The van der Waals surface area contributed by atoms with Crippen molar-refractivity contribution in [1.29, 1.82) is 0 Å². The van der Waals surface area contributed by atoms with Crippen molar-refractivity contribution in [1.82, 2.24) is 0 Å². The van der Waals surface area contributed by atoms with E-state index in [1.165, 1.54) is 16.8 Å². The van der Waals surface area contributed by atoms with E-state index in [1.807, 2.05) is 0 Å². The van der Waals surface area contributed by atoms with Gasteiger partial charge in [-0.2, -0.15) is 0 Å². The molecule has 1 aliphatic rings. The van der Waals surface area contributed by atoms with E-state index in [0.717, 1.165) is 0 Å². The van der Waals surface area contributed by atoms with Crippen LogP contribution in [0.25, 0.3) is 0 Å². The number of hydrogen-bond donors (Lipinski definition) is 0. The van der Waals surface area contributed by atoms with Crippen LogP contribution in [0.5, 0.6) is 0 Å². The van der Waals surface area contributed by atoms with Crippen LogP contribution >= 0.6 is 0 Å². The molecule has 0 saturated carbocycles. The van der Waals surface area contributed by atoms with E-state index >= 15 is 0 Å². The van der Waals surface area contributed by atoms with E-state index < -0.39 is 0 Å². The molecule has 0 aromatic heterocycles. The van der Waals surface area contributed by atoms with Crippen LogP contribution in [0, 0.1) is 0 Å². The number of unbranched alkanes of at least 4 members (excludes halogenated alkanes) is 1. The molecule has 1 fully saturated rings. The third-order valence-electron chi connectivity index (χ3n) is 2.02. The van der Waals surface area contributed by atoms with Gasteiger partial charge in [0.05, 0.1) is 0 Å². The summed E-state index contributed by atoms with van der Waals surface area (Å²) in [5.74, 6) is 0. The summed E-state index contributed by atoms with van der Waals surface area (Å²) in [4.78, 5) is 0. The van der Waals surface area contributed by atoms with Crippen molar-refractivity contribution < 1.29 is 0 Å². The van der Waals surface area contributed by atoms with Crippen molar-refractivity contribution in [2.24, 2.45) is 0 Å². The summed E-state index contributed by atoms with van der Waals surface area (Å²) < 4.78 is 6.18. The Balaban J connectivity index is 1.84. The molecule has 1 rings (SSSR count). The van der Waals surface area contributed by atoms with Gasteiger partial charge in [-0.25, -0.2) is 0 Å². The van der Waals surface area contributed by atoms with Crippen LogP contribution in [0.1, 0.15) is 25.7 Å². The van der Waals surface area contributed by atoms with Crippen LogP contribution < -0.4 is 0 Å². The third-order valence-corrected chi connectivity index (χ3v) is 11.5. The number of allylic oxidation sites excluding steroid dienone is 1. The van der Waals surface area contributed by atoms with Crippen molar-refractivity contribution in [2.45, 2.75) is 43.1 Å². The molecule has 1 saturated heterocycles. The molecule has 0 N–H and O–H groups in total. The number of rotatable bonds is 6. The molecule has 1 atom stereocenters. The SMILES string of the molecule is C=CCCC[Te]CC1CCC[Te]1. The molecule has 1 unspecified atom stereocenters. The Bertz CT molecular complexity index is 117. The van der Waals surface area contributed by atoms with Gasteiger partial charge in [-0.1, -0.05) is 0 Å². The van der Waals surface area contributed by atoms with Crippen LogP contribution in [0.3, 0.4) is 0 Å². The van der Waals surface area contributed by atoms with Crippen LogP contribution in [-0.4, -0.2) is 41.8 Å². The average molecular weight is 393 g/mol. The maximum absolute atomic E-state index is 3.76. The van der Waals surface area contributed by atoms with Crippen LogP contribution in [0.4, 0.5) is 0 Å². The van der Waals surface area contributed by atoms with Crippen molar-refractivity contribution >= 4 is 41.8 Å². The summed E-state index contributed by atoms with van der Waals surface area (Å²) in [5, 5.41) is 0. The molecule has 0 nitrogen and oxygen atoms in total. The minimum absolute atomic E-state index is 0.419. The van der Waals surface area contributed by atoms with E-state index in [4.69, 9.17) is 0 Å². The summed E-state index contributed by atoms with van der Waals surface area (Å²) in [7, 11) is 0. The molecule has 0 radical (unpaired) electrons. The fraction of sp³-hybridized carbons (Fsp3) is 0.800. The molecule has 2 heteroatoms. The monoisotopic (exact) mass is 398 g/mol. The normalized spacial score (nSPS) is 22.8. The Labute approximate surface area is 96.7 Å². The van der Waals surface area contributed by atoms with Crippen molar-refractivity contribution in [3.63, 3.8) is 0 Å². The van der Waals surface area contributed by atoms with E-state index in [1.54, 1.807) is 26.2 Å². The molecule has 0 amide bonds. The summed E-state index contributed by atoms with van der Waals surface area (Å²) in [6.07, 6.45) is 7.93. The predicted molar refractivity (Wildman–Crippen MR) is 58.3 cm³/mol. The standard InChI is InChI=1S/C10H18Te2/c1-2-3-4-7-11-9-10-6-5-8-12-10/h2,10H,1,3-9H2. The molecular formula is C10H18Te2. The molecule has 0 spiro atoms. The van der Waals surface area contributed by atoms with Crippen molar-refractivity contribution in [3.8, 4) is 0 Å². The predicted octanol–water partition coefficient (Wildman–Crippen LogP) is 3.20. The summed E-state index contributed by atoms with van der Waals surface area (Å²) in [6.45, 7) is 3.76. The van der Waals surface area contributed by atoms with Gasteiger partial charge in [0.2, 0.25) is 0 Å². The van der Waals surface area contributed by atoms with E-state index in [-0.39, 0.29) is 0 Å². The molecule has 1 heterocycles. The van der Waals surface area contributed by atoms with Gasteiger partial charge in [-0.3, -0.25) is 0 Å². The number of hydrogen-bond acceptors (Lipinski definition) is 0. The Morgan fingerprint density at radius 3 is 3.17 bits per heavy atom. The zero-order valence-corrected chi connectivity index (χ0v) is 12.3. The Morgan fingerprint density at radius 2 is 2.50 bits per heavy atom. The molecule has 0 bridgehead atoms. The Hall–Kier alpha value is 1.32. The average Bonchev–Trinajstić information content (AvgIpc) is 2.57. The fourth-order valence-corrected chi connectivity index (χ4v) is 10.9. The van der Waals surface area contributed by atoms with E-state index in [9.17, 15) is 0 Å². The molecule has 0 aromatic rings. The third kappa shape index (κ3) is 5.14. The quantitative estimate of drug-likeness (QED) is 0.369.